The molecule has 0 aliphatic heterocycles. The number of amides is 1. The fraction of sp³-hybridized carbons (Fsp3) is 0.233. The Morgan fingerprint density at radius 2 is 1.78 bits per heavy atom. The van der Waals surface area contributed by atoms with E-state index in [2.05, 4.69) is 58.9 Å². The van der Waals surface area contributed by atoms with Crippen molar-refractivity contribution in [1.29, 1.82) is 0 Å². The predicted molar refractivity (Wildman–Crippen MR) is 146 cm³/mol. The van der Waals surface area contributed by atoms with E-state index in [0.29, 0.717) is 31.0 Å². The molecule has 2 heterocycles. The van der Waals surface area contributed by atoms with Crippen molar-refractivity contribution in [3.05, 3.63) is 108 Å². The highest BCUT2D eigenvalue weighted by atomic mass is 16.5. The standard InChI is InChI=1S/C30H31N5O2/c1-22-11-13-23(14-12-22)18-34-21-31-17-25(34)19-35-20-28(30(36)33(2)15-16-37-3)29(32-35)27-10-6-8-24-7-4-5-9-26(24)27/h4-14,17,20-21H,15-16,18-19H2,1-3H3. The first-order chi connectivity index (χ1) is 18.0. The Morgan fingerprint density at radius 3 is 2.59 bits per heavy atom. The summed E-state index contributed by atoms with van der Waals surface area (Å²) in [4.78, 5) is 19.6. The molecule has 5 aromatic rings. The van der Waals surface area contributed by atoms with Crippen molar-refractivity contribution in [2.75, 3.05) is 27.3 Å². The second kappa shape index (κ2) is 10.8. The second-order valence-electron chi connectivity index (χ2n) is 9.33. The average molecular weight is 494 g/mol. The van der Waals surface area contributed by atoms with Gasteiger partial charge in [-0.3, -0.25) is 9.48 Å². The van der Waals surface area contributed by atoms with Crippen molar-refractivity contribution in [3.63, 3.8) is 0 Å². The van der Waals surface area contributed by atoms with Crippen molar-refractivity contribution in [2.45, 2.75) is 20.0 Å². The van der Waals surface area contributed by atoms with Gasteiger partial charge in [-0.15, -0.1) is 0 Å². The van der Waals surface area contributed by atoms with Gasteiger partial charge < -0.3 is 14.2 Å². The molecule has 0 fully saturated rings. The Kier molecular flexibility index (Phi) is 7.14. The summed E-state index contributed by atoms with van der Waals surface area (Å²) >= 11 is 0. The van der Waals surface area contributed by atoms with Crippen molar-refractivity contribution in [3.8, 4) is 11.3 Å². The predicted octanol–water partition coefficient (Wildman–Crippen LogP) is 5.02. The summed E-state index contributed by atoms with van der Waals surface area (Å²) < 4.78 is 9.16. The number of aryl methyl sites for hydroxylation is 1. The molecule has 0 atom stereocenters. The minimum Gasteiger partial charge on any atom is -0.383 e. The summed E-state index contributed by atoms with van der Waals surface area (Å²) in [5.74, 6) is -0.0839. The van der Waals surface area contributed by atoms with Crippen molar-refractivity contribution < 1.29 is 9.53 Å². The number of carbonyl (C=O) groups excluding carboxylic acids is 1. The van der Waals surface area contributed by atoms with E-state index in [1.165, 1.54) is 11.1 Å². The molecule has 37 heavy (non-hydrogen) atoms. The molecule has 2 aromatic heterocycles. The van der Waals surface area contributed by atoms with Crippen LogP contribution in [0.1, 0.15) is 27.2 Å². The van der Waals surface area contributed by atoms with Gasteiger partial charge in [0, 0.05) is 39.0 Å². The topological polar surface area (TPSA) is 65.2 Å². The first-order valence-electron chi connectivity index (χ1n) is 12.4. The number of rotatable bonds is 9. The Hall–Kier alpha value is -4.23. The smallest absolute Gasteiger partial charge is 0.257 e. The number of aromatic nitrogens is 4. The van der Waals surface area contributed by atoms with Gasteiger partial charge in [0.25, 0.3) is 5.91 Å². The zero-order valence-corrected chi connectivity index (χ0v) is 21.5. The summed E-state index contributed by atoms with van der Waals surface area (Å²) in [7, 11) is 3.43. The molecule has 5 rings (SSSR count). The molecule has 0 radical (unpaired) electrons. The van der Waals surface area contributed by atoms with Gasteiger partial charge in [-0.1, -0.05) is 72.3 Å². The number of nitrogens with zero attached hydrogens (tertiary/aromatic N) is 5. The maximum atomic E-state index is 13.5. The quantitative estimate of drug-likeness (QED) is 0.289. The molecule has 0 saturated carbocycles. The average Bonchev–Trinajstić information content (AvgIpc) is 3.54. The molecule has 0 spiro atoms. The zero-order chi connectivity index (χ0) is 25.8. The van der Waals surface area contributed by atoms with Gasteiger partial charge in [0.1, 0.15) is 5.69 Å². The minimum absolute atomic E-state index is 0.0839. The first kappa shape index (κ1) is 24.5. The molecule has 0 unspecified atom stereocenters. The van der Waals surface area contributed by atoms with E-state index in [1.54, 1.807) is 19.1 Å². The van der Waals surface area contributed by atoms with Crippen molar-refractivity contribution in [1.82, 2.24) is 24.2 Å². The summed E-state index contributed by atoms with van der Waals surface area (Å²) in [5.41, 5.74) is 5.64. The molecule has 188 valence electrons. The van der Waals surface area contributed by atoms with Crippen LogP contribution >= 0.6 is 0 Å². The third-order valence-corrected chi connectivity index (χ3v) is 6.61. The lowest BCUT2D eigenvalue weighted by molar-refractivity contribution is 0.0745. The zero-order valence-electron chi connectivity index (χ0n) is 21.5. The fourth-order valence-electron chi connectivity index (χ4n) is 4.50. The normalized spacial score (nSPS) is 11.2. The SMILES string of the molecule is COCCN(C)C(=O)c1cn(Cc2cncn2Cc2ccc(C)cc2)nc1-c1cccc2ccccc12. The summed E-state index contributed by atoms with van der Waals surface area (Å²) in [6, 6.07) is 22.8. The van der Waals surface area contributed by atoms with Crippen LogP contribution in [-0.4, -0.2) is 57.4 Å². The molecule has 1 amide bonds. The summed E-state index contributed by atoms with van der Waals surface area (Å²) in [5, 5.41) is 7.12. The monoisotopic (exact) mass is 493 g/mol. The van der Waals surface area contributed by atoms with Crippen LogP contribution in [0.4, 0.5) is 0 Å². The van der Waals surface area contributed by atoms with E-state index < -0.39 is 0 Å². The van der Waals surface area contributed by atoms with Crippen molar-refractivity contribution in [2.24, 2.45) is 0 Å². The lowest BCUT2D eigenvalue weighted by Crippen LogP contribution is -2.30. The number of methoxy groups -OCH3 is 1. The van der Waals surface area contributed by atoms with Gasteiger partial charge in [0.05, 0.1) is 36.9 Å². The lowest BCUT2D eigenvalue weighted by atomic mass is 10.00. The highest BCUT2D eigenvalue weighted by Gasteiger charge is 2.22. The Morgan fingerprint density at radius 1 is 1.00 bits per heavy atom. The number of ether oxygens (including phenoxy) is 1. The number of hydrogen-bond donors (Lipinski definition) is 0. The lowest BCUT2D eigenvalue weighted by Gasteiger charge is -2.16. The molecule has 0 aliphatic carbocycles. The Bertz CT molecular complexity index is 1510. The van der Waals surface area contributed by atoms with Gasteiger partial charge >= 0.3 is 0 Å². The fourth-order valence-corrected chi connectivity index (χ4v) is 4.50. The molecule has 7 nitrogen and oxygen atoms in total. The van der Waals surface area contributed by atoms with Gasteiger partial charge in [-0.05, 0) is 23.3 Å². The van der Waals surface area contributed by atoms with Gasteiger partial charge in [-0.2, -0.15) is 5.10 Å². The summed E-state index contributed by atoms with van der Waals surface area (Å²) in [6.45, 7) is 4.28. The second-order valence-corrected chi connectivity index (χ2v) is 9.33. The minimum atomic E-state index is -0.0839. The molecule has 7 heteroatoms. The maximum Gasteiger partial charge on any atom is 0.257 e. The van der Waals surface area contributed by atoms with Crippen LogP contribution in [0, 0.1) is 6.92 Å². The largest absolute Gasteiger partial charge is 0.383 e. The maximum absolute atomic E-state index is 13.5. The van der Waals surface area contributed by atoms with Crippen LogP contribution < -0.4 is 0 Å². The highest BCUT2D eigenvalue weighted by molar-refractivity contribution is 6.04. The molecule has 3 aromatic carbocycles. The number of benzene rings is 3. The van der Waals surface area contributed by atoms with E-state index in [-0.39, 0.29) is 5.91 Å². The van der Waals surface area contributed by atoms with E-state index >= 15 is 0 Å². The van der Waals surface area contributed by atoms with Crippen LogP contribution in [0.25, 0.3) is 22.0 Å². The van der Waals surface area contributed by atoms with Gasteiger partial charge in [0.15, 0.2) is 0 Å². The summed E-state index contributed by atoms with van der Waals surface area (Å²) in [6.07, 6.45) is 5.56. The number of fused-ring (bicyclic) bond motifs is 1. The number of imidazole rings is 1. The number of likely N-dealkylation sites (N-methyl/N-ethyl adjacent to an activating group) is 1. The van der Waals surface area contributed by atoms with Crippen LogP contribution in [-0.2, 0) is 17.8 Å². The van der Waals surface area contributed by atoms with E-state index in [4.69, 9.17) is 9.84 Å². The Labute approximate surface area is 216 Å². The molecule has 0 aliphatic rings. The molecular formula is C30H31N5O2. The highest BCUT2D eigenvalue weighted by Crippen LogP contribution is 2.31. The van der Waals surface area contributed by atoms with Gasteiger partial charge in [0.2, 0.25) is 0 Å². The number of carbonyl (C=O) groups is 1. The molecule has 0 bridgehead atoms. The number of hydrogen-bond acceptors (Lipinski definition) is 4. The van der Waals surface area contributed by atoms with E-state index in [1.807, 2.05) is 47.7 Å². The van der Waals surface area contributed by atoms with Crippen LogP contribution in [0.3, 0.4) is 0 Å². The molecule has 0 N–H and O–H groups in total. The third-order valence-electron chi connectivity index (χ3n) is 6.61. The molecule has 0 saturated heterocycles. The van der Waals surface area contributed by atoms with Gasteiger partial charge in [-0.25, -0.2) is 4.98 Å². The van der Waals surface area contributed by atoms with Crippen LogP contribution in [0.15, 0.2) is 85.5 Å². The Balaban J connectivity index is 1.51. The van der Waals surface area contributed by atoms with Crippen LogP contribution in [0.5, 0.6) is 0 Å². The first-order valence-corrected chi connectivity index (χ1v) is 12.4. The molecular weight excluding hydrogens is 462 g/mol. The van der Waals surface area contributed by atoms with E-state index in [9.17, 15) is 4.79 Å². The van der Waals surface area contributed by atoms with Crippen molar-refractivity contribution >= 4 is 16.7 Å². The third kappa shape index (κ3) is 5.32. The van der Waals surface area contributed by atoms with E-state index in [0.717, 1.165) is 28.6 Å². The van der Waals surface area contributed by atoms with Crippen LogP contribution in [0.2, 0.25) is 0 Å².